The standard InChI is InChI=1S/C18H32N2O2/c1-4-14(2)12-19(3)18(22)15-11-17(21)20(13-15)16-9-7-5-6-8-10-16/h14-16H,4-13H2,1-3H3/t14-,15-/m0/s1. The molecule has 2 amide bonds. The number of likely N-dealkylation sites (tertiary alicyclic amines) is 1. The Morgan fingerprint density at radius 3 is 2.50 bits per heavy atom. The van der Waals surface area contributed by atoms with Crippen LogP contribution in [0.3, 0.4) is 0 Å². The van der Waals surface area contributed by atoms with Crippen LogP contribution in [0.5, 0.6) is 0 Å². The Hall–Kier alpha value is -1.06. The maximum atomic E-state index is 12.6. The van der Waals surface area contributed by atoms with Crippen molar-refractivity contribution in [2.75, 3.05) is 20.1 Å². The van der Waals surface area contributed by atoms with Crippen molar-refractivity contribution in [1.29, 1.82) is 0 Å². The van der Waals surface area contributed by atoms with E-state index < -0.39 is 0 Å². The molecule has 4 heteroatoms. The van der Waals surface area contributed by atoms with Crippen molar-refractivity contribution in [1.82, 2.24) is 9.80 Å². The summed E-state index contributed by atoms with van der Waals surface area (Å²) in [5.41, 5.74) is 0. The van der Waals surface area contributed by atoms with Gasteiger partial charge in [-0.3, -0.25) is 9.59 Å². The van der Waals surface area contributed by atoms with E-state index in [0.717, 1.165) is 25.8 Å². The van der Waals surface area contributed by atoms with Crippen LogP contribution in [-0.4, -0.2) is 47.8 Å². The zero-order valence-corrected chi connectivity index (χ0v) is 14.5. The maximum Gasteiger partial charge on any atom is 0.227 e. The fraction of sp³-hybridized carbons (Fsp3) is 0.889. The normalized spacial score (nSPS) is 25.1. The van der Waals surface area contributed by atoms with Gasteiger partial charge in [-0.15, -0.1) is 0 Å². The molecule has 4 nitrogen and oxygen atoms in total. The molecule has 2 atom stereocenters. The molecule has 0 radical (unpaired) electrons. The van der Waals surface area contributed by atoms with E-state index in [9.17, 15) is 9.59 Å². The minimum absolute atomic E-state index is 0.121. The molecule has 2 aliphatic rings. The molecule has 0 unspecified atom stereocenters. The molecule has 1 heterocycles. The van der Waals surface area contributed by atoms with Gasteiger partial charge >= 0.3 is 0 Å². The average molecular weight is 308 g/mol. The van der Waals surface area contributed by atoms with Crippen LogP contribution in [0.25, 0.3) is 0 Å². The second-order valence-corrected chi connectivity index (χ2v) is 7.32. The average Bonchev–Trinajstić information content (AvgIpc) is 2.73. The molecule has 0 aromatic rings. The first-order chi connectivity index (χ1) is 10.5. The van der Waals surface area contributed by atoms with Gasteiger partial charge < -0.3 is 9.80 Å². The molecule has 0 N–H and O–H groups in total. The van der Waals surface area contributed by atoms with Gasteiger partial charge in [0.05, 0.1) is 5.92 Å². The van der Waals surface area contributed by atoms with Crippen LogP contribution >= 0.6 is 0 Å². The van der Waals surface area contributed by atoms with Crippen molar-refractivity contribution in [3.8, 4) is 0 Å². The third-order valence-electron chi connectivity index (χ3n) is 5.43. The summed E-state index contributed by atoms with van der Waals surface area (Å²) in [6.07, 6.45) is 8.76. The predicted octanol–water partition coefficient (Wildman–Crippen LogP) is 3.06. The smallest absolute Gasteiger partial charge is 0.227 e. The molecule has 1 saturated carbocycles. The van der Waals surface area contributed by atoms with E-state index in [1.165, 1.54) is 25.7 Å². The van der Waals surface area contributed by atoms with E-state index in [2.05, 4.69) is 13.8 Å². The summed E-state index contributed by atoms with van der Waals surface area (Å²) in [7, 11) is 1.88. The second-order valence-electron chi connectivity index (χ2n) is 7.32. The van der Waals surface area contributed by atoms with Crippen molar-refractivity contribution >= 4 is 11.8 Å². The van der Waals surface area contributed by atoms with Gasteiger partial charge in [-0.1, -0.05) is 46.0 Å². The molecular weight excluding hydrogens is 276 g/mol. The summed E-state index contributed by atoms with van der Waals surface area (Å²) in [6.45, 7) is 5.76. The highest BCUT2D eigenvalue weighted by atomic mass is 16.2. The van der Waals surface area contributed by atoms with Crippen LogP contribution in [0.4, 0.5) is 0 Å². The van der Waals surface area contributed by atoms with Crippen LogP contribution in [0.1, 0.15) is 65.2 Å². The number of hydrogen-bond acceptors (Lipinski definition) is 2. The summed E-state index contributed by atoms with van der Waals surface area (Å²) >= 11 is 0. The largest absolute Gasteiger partial charge is 0.345 e. The molecule has 0 aromatic carbocycles. The zero-order chi connectivity index (χ0) is 16.1. The van der Waals surface area contributed by atoms with E-state index in [1.54, 1.807) is 0 Å². The number of amides is 2. The van der Waals surface area contributed by atoms with Crippen LogP contribution in [0, 0.1) is 11.8 Å². The molecule has 0 aromatic heterocycles. The molecule has 1 saturated heterocycles. The molecule has 2 fully saturated rings. The summed E-state index contributed by atoms with van der Waals surface area (Å²) in [5, 5.41) is 0. The van der Waals surface area contributed by atoms with Gasteiger partial charge in [-0.2, -0.15) is 0 Å². The molecule has 126 valence electrons. The molecule has 1 aliphatic carbocycles. The highest BCUT2D eigenvalue weighted by Gasteiger charge is 2.38. The Labute approximate surface area is 135 Å². The van der Waals surface area contributed by atoms with Crippen molar-refractivity contribution < 1.29 is 9.59 Å². The Morgan fingerprint density at radius 1 is 1.27 bits per heavy atom. The number of nitrogens with zero attached hydrogens (tertiary/aromatic N) is 2. The minimum atomic E-state index is -0.121. The Bertz CT molecular complexity index is 389. The van der Waals surface area contributed by atoms with Gasteiger partial charge in [0.2, 0.25) is 11.8 Å². The highest BCUT2D eigenvalue weighted by Crippen LogP contribution is 2.28. The van der Waals surface area contributed by atoms with Gasteiger partial charge in [0.25, 0.3) is 0 Å². The van der Waals surface area contributed by atoms with E-state index in [1.807, 2.05) is 16.8 Å². The minimum Gasteiger partial charge on any atom is -0.345 e. The molecular formula is C18H32N2O2. The first kappa shape index (κ1) is 17.3. The molecule has 0 spiro atoms. The SMILES string of the molecule is CC[C@H](C)CN(C)C(=O)[C@H]1CC(=O)N(C2CCCCCC2)C1. The lowest BCUT2D eigenvalue weighted by atomic mass is 10.0. The van der Waals surface area contributed by atoms with Gasteiger partial charge in [-0.05, 0) is 18.8 Å². The van der Waals surface area contributed by atoms with Crippen LogP contribution < -0.4 is 0 Å². The lowest BCUT2D eigenvalue weighted by molar-refractivity contribution is -0.135. The van der Waals surface area contributed by atoms with Gasteiger partial charge in [0.1, 0.15) is 0 Å². The van der Waals surface area contributed by atoms with Gasteiger partial charge in [-0.25, -0.2) is 0 Å². The summed E-state index contributed by atoms with van der Waals surface area (Å²) in [6, 6.07) is 0.382. The topological polar surface area (TPSA) is 40.6 Å². The van der Waals surface area contributed by atoms with Crippen molar-refractivity contribution in [3.63, 3.8) is 0 Å². The van der Waals surface area contributed by atoms with Crippen LogP contribution in [0.2, 0.25) is 0 Å². The van der Waals surface area contributed by atoms with Gasteiger partial charge in [0.15, 0.2) is 0 Å². The quantitative estimate of drug-likeness (QED) is 0.732. The van der Waals surface area contributed by atoms with Crippen LogP contribution in [0.15, 0.2) is 0 Å². The third-order valence-corrected chi connectivity index (χ3v) is 5.43. The van der Waals surface area contributed by atoms with E-state index >= 15 is 0 Å². The first-order valence-electron chi connectivity index (χ1n) is 9.07. The number of carbonyl (C=O) groups excluding carboxylic acids is 2. The Kier molecular flexibility index (Phi) is 6.27. The number of hydrogen-bond donors (Lipinski definition) is 0. The Balaban J connectivity index is 1.91. The molecule has 2 rings (SSSR count). The lowest BCUT2D eigenvalue weighted by Crippen LogP contribution is -2.39. The predicted molar refractivity (Wildman–Crippen MR) is 88.4 cm³/mol. The van der Waals surface area contributed by atoms with Crippen molar-refractivity contribution in [2.45, 2.75) is 71.3 Å². The van der Waals surface area contributed by atoms with E-state index in [-0.39, 0.29) is 17.7 Å². The molecule has 1 aliphatic heterocycles. The fourth-order valence-electron chi connectivity index (χ4n) is 3.82. The second kappa shape index (κ2) is 7.98. The third kappa shape index (κ3) is 4.23. The Morgan fingerprint density at radius 2 is 1.91 bits per heavy atom. The number of carbonyl (C=O) groups is 2. The van der Waals surface area contributed by atoms with Crippen molar-refractivity contribution in [3.05, 3.63) is 0 Å². The van der Waals surface area contributed by atoms with Crippen molar-refractivity contribution in [2.24, 2.45) is 11.8 Å². The summed E-state index contributed by atoms with van der Waals surface area (Å²) < 4.78 is 0. The van der Waals surface area contributed by atoms with Crippen LogP contribution in [-0.2, 0) is 9.59 Å². The van der Waals surface area contributed by atoms with Gasteiger partial charge in [0, 0.05) is 32.6 Å². The summed E-state index contributed by atoms with van der Waals surface area (Å²) in [5.74, 6) is 0.751. The monoisotopic (exact) mass is 308 g/mol. The summed E-state index contributed by atoms with van der Waals surface area (Å²) in [4.78, 5) is 28.8. The lowest BCUT2D eigenvalue weighted by Gasteiger charge is -2.28. The number of rotatable bonds is 5. The van der Waals surface area contributed by atoms with E-state index in [4.69, 9.17) is 0 Å². The first-order valence-corrected chi connectivity index (χ1v) is 9.07. The molecule has 22 heavy (non-hydrogen) atoms. The zero-order valence-electron chi connectivity index (χ0n) is 14.5. The van der Waals surface area contributed by atoms with E-state index in [0.29, 0.717) is 24.9 Å². The molecule has 0 bridgehead atoms. The maximum absolute atomic E-state index is 12.6. The highest BCUT2D eigenvalue weighted by molar-refractivity contribution is 5.89. The fourth-order valence-corrected chi connectivity index (χ4v) is 3.82.